The number of furan rings is 1. The van der Waals surface area contributed by atoms with Crippen LogP contribution in [0.3, 0.4) is 0 Å². The van der Waals surface area contributed by atoms with Crippen LogP contribution < -0.4 is 5.32 Å². The normalized spacial score (nSPS) is 20.4. The molecule has 25 heavy (non-hydrogen) atoms. The number of aromatic nitrogens is 1. The fourth-order valence-corrected chi connectivity index (χ4v) is 4.24. The molecule has 1 aliphatic heterocycles. The highest BCUT2D eigenvalue weighted by molar-refractivity contribution is 5.91. The van der Waals surface area contributed by atoms with Crippen LogP contribution in [0.25, 0.3) is 0 Å². The van der Waals surface area contributed by atoms with Crippen molar-refractivity contribution in [3.05, 3.63) is 53.7 Å². The second-order valence-electron chi connectivity index (χ2n) is 7.60. The second kappa shape index (κ2) is 6.64. The first kappa shape index (κ1) is 16.3. The molecule has 2 aliphatic rings. The summed E-state index contributed by atoms with van der Waals surface area (Å²) in [5, 5.41) is 3.09. The van der Waals surface area contributed by atoms with Crippen LogP contribution in [-0.4, -0.2) is 34.9 Å². The third-order valence-corrected chi connectivity index (χ3v) is 5.85. The van der Waals surface area contributed by atoms with Crippen LogP contribution in [-0.2, 0) is 6.54 Å². The maximum atomic E-state index is 12.0. The van der Waals surface area contributed by atoms with Gasteiger partial charge in [-0.25, -0.2) is 0 Å². The van der Waals surface area contributed by atoms with Crippen LogP contribution in [0.4, 0.5) is 0 Å². The lowest BCUT2D eigenvalue weighted by Crippen LogP contribution is -2.54. The van der Waals surface area contributed by atoms with Gasteiger partial charge in [0.15, 0.2) is 5.76 Å². The first-order chi connectivity index (χ1) is 12.1. The molecule has 1 N–H and O–H groups in total. The maximum Gasteiger partial charge on any atom is 0.287 e. The number of amides is 1. The summed E-state index contributed by atoms with van der Waals surface area (Å²) in [5.74, 6) is 0.314. The number of aryl methyl sites for hydroxylation is 1. The maximum absolute atomic E-state index is 12.0. The minimum atomic E-state index is -0.0899. The van der Waals surface area contributed by atoms with Gasteiger partial charge in [-0.15, -0.1) is 0 Å². The Morgan fingerprint density at radius 3 is 2.80 bits per heavy atom. The molecule has 0 bridgehead atoms. The molecule has 5 nitrogen and oxygen atoms in total. The molecule has 1 saturated carbocycles. The summed E-state index contributed by atoms with van der Waals surface area (Å²) in [4.78, 5) is 19.1. The number of rotatable bonds is 4. The Morgan fingerprint density at radius 2 is 2.12 bits per heavy atom. The lowest BCUT2D eigenvalue weighted by molar-refractivity contribution is 0.00397. The largest absolute Gasteiger partial charge is 0.459 e. The number of likely N-dealkylation sites (tertiary alicyclic amines) is 1. The third-order valence-electron chi connectivity index (χ3n) is 5.85. The van der Waals surface area contributed by atoms with Gasteiger partial charge in [0, 0.05) is 18.8 Å². The molecule has 1 aliphatic carbocycles. The van der Waals surface area contributed by atoms with Crippen LogP contribution in [0.15, 0.2) is 41.1 Å². The molecule has 1 saturated heterocycles. The van der Waals surface area contributed by atoms with Crippen molar-refractivity contribution < 1.29 is 9.21 Å². The van der Waals surface area contributed by atoms with E-state index in [1.807, 2.05) is 12.3 Å². The Morgan fingerprint density at radius 1 is 1.32 bits per heavy atom. The van der Waals surface area contributed by atoms with Crippen molar-refractivity contribution >= 4 is 5.91 Å². The van der Waals surface area contributed by atoms with E-state index in [-0.39, 0.29) is 5.91 Å². The summed E-state index contributed by atoms with van der Waals surface area (Å²) in [6.45, 7) is 5.32. The molecule has 3 heterocycles. The Labute approximate surface area is 148 Å². The fraction of sp³-hybridized carbons (Fsp3) is 0.500. The van der Waals surface area contributed by atoms with Crippen LogP contribution in [0, 0.1) is 12.3 Å². The molecule has 2 fully saturated rings. The number of hydrogen-bond donors (Lipinski definition) is 1. The molecule has 0 atom stereocenters. The number of nitrogens with one attached hydrogen (secondary N) is 1. The minimum absolute atomic E-state index is 0.0899. The summed E-state index contributed by atoms with van der Waals surface area (Å²) >= 11 is 0. The summed E-state index contributed by atoms with van der Waals surface area (Å²) in [7, 11) is 0. The fourth-order valence-electron chi connectivity index (χ4n) is 4.24. The number of pyridine rings is 1. The highest BCUT2D eigenvalue weighted by Gasteiger charge is 2.46. The minimum Gasteiger partial charge on any atom is -0.459 e. The van der Waals surface area contributed by atoms with E-state index in [4.69, 9.17) is 4.42 Å². The average molecular weight is 339 g/mol. The highest BCUT2D eigenvalue weighted by Crippen LogP contribution is 2.49. The molecule has 5 heteroatoms. The topological polar surface area (TPSA) is 58.4 Å². The second-order valence-corrected chi connectivity index (χ2v) is 7.60. The molecule has 1 amide bonds. The molecular weight excluding hydrogens is 314 g/mol. The van der Waals surface area contributed by atoms with Gasteiger partial charge in [0.25, 0.3) is 5.91 Å². The number of carbonyl (C=O) groups is 1. The first-order valence-corrected chi connectivity index (χ1v) is 9.11. The molecule has 132 valence electrons. The van der Waals surface area contributed by atoms with Gasteiger partial charge in [0.2, 0.25) is 0 Å². The molecule has 0 radical (unpaired) electrons. The van der Waals surface area contributed by atoms with Gasteiger partial charge in [-0.3, -0.25) is 14.7 Å². The van der Waals surface area contributed by atoms with E-state index in [1.165, 1.54) is 30.4 Å². The monoisotopic (exact) mass is 339 g/mol. The molecule has 2 aromatic heterocycles. The van der Waals surface area contributed by atoms with Crippen molar-refractivity contribution in [2.75, 3.05) is 13.1 Å². The van der Waals surface area contributed by atoms with E-state index in [0.29, 0.717) is 17.2 Å². The van der Waals surface area contributed by atoms with Crippen molar-refractivity contribution in [3.8, 4) is 0 Å². The summed E-state index contributed by atoms with van der Waals surface area (Å²) in [5.41, 5.74) is 2.89. The Bertz CT molecular complexity index is 725. The summed E-state index contributed by atoms with van der Waals surface area (Å²) in [6.07, 6.45) is 8.03. The quantitative estimate of drug-likeness (QED) is 0.929. The molecule has 4 rings (SSSR count). The Kier molecular flexibility index (Phi) is 4.34. The van der Waals surface area contributed by atoms with Gasteiger partial charge in [-0.05, 0) is 74.9 Å². The van der Waals surface area contributed by atoms with Crippen molar-refractivity contribution in [1.29, 1.82) is 0 Å². The van der Waals surface area contributed by atoms with E-state index in [9.17, 15) is 4.79 Å². The van der Waals surface area contributed by atoms with Crippen molar-refractivity contribution in [2.24, 2.45) is 5.41 Å². The molecule has 0 unspecified atom stereocenters. The zero-order chi connectivity index (χ0) is 17.3. The van der Waals surface area contributed by atoms with E-state index in [1.54, 1.807) is 12.1 Å². The van der Waals surface area contributed by atoms with Crippen molar-refractivity contribution in [3.63, 3.8) is 0 Å². The molecule has 0 aromatic carbocycles. The van der Waals surface area contributed by atoms with E-state index in [0.717, 1.165) is 32.5 Å². The predicted molar refractivity (Wildman–Crippen MR) is 95.1 cm³/mol. The van der Waals surface area contributed by atoms with E-state index >= 15 is 0 Å². The van der Waals surface area contributed by atoms with Gasteiger partial charge in [-0.2, -0.15) is 0 Å². The van der Waals surface area contributed by atoms with Gasteiger partial charge in [0.05, 0.1) is 12.0 Å². The standard InChI is InChI=1S/C20H25N3O2/c1-15-4-2-8-21-17(15)14-23-9-6-20(7-10-23)12-16(13-20)22-19(24)18-5-3-11-25-18/h2-5,8,11,16H,6-7,9-10,12-14H2,1H3,(H,22,24). The average Bonchev–Trinajstić information content (AvgIpc) is 3.12. The van der Waals surface area contributed by atoms with E-state index < -0.39 is 0 Å². The molecule has 1 spiro atoms. The zero-order valence-electron chi connectivity index (χ0n) is 14.7. The highest BCUT2D eigenvalue weighted by atomic mass is 16.3. The first-order valence-electron chi connectivity index (χ1n) is 9.11. The van der Waals surface area contributed by atoms with Crippen LogP contribution in [0.2, 0.25) is 0 Å². The van der Waals surface area contributed by atoms with Gasteiger partial charge in [0.1, 0.15) is 0 Å². The van der Waals surface area contributed by atoms with Crippen molar-refractivity contribution in [1.82, 2.24) is 15.2 Å². The summed E-state index contributed by atoms with van der Waals surface area (Å²) < 4.78 is 5.16. The number of carbonyl (C=O) groups excluding carboxylic acids is 1. The number of piperidine rings is 1. The third kappa shape index (κ3) is 3.47. The van der Waals surface area contributed by atoms with Crippen LogP contribution in [0.1, 0.15) is 47.5 Å². The van der Waals surface area contributed by atoms with Gasteiger partial charge >= 0.3 is 0 Å². The van der Waals surface area contributed by atoms with Gasteiger partial charge in [-0.1, -0.05) is 6.07 Å². The van der Waals surface area contributed by atoms with Crippen LogP contribution in [0.5, 0.6) is 0 Å². The van der Waals surface area contributed by atoms with Crippen molar-refractivity contribution in [2.45, 2.75) is 45.2 Å². The zero-order valence-corrected chi connectivity index (χ0v) is 14.7. The smallest absolute Gasteiger partial charge is 0.287 e. The lowest BCUT2D eigenvalue weighted by atomic mass is 9.60. The number of nitrogens with zero attached hydrogens (tertiary/aromatic N) is 2. The van der Waals surface area contributed by atoms with Crippen LogP contribution >= 0.6 is 0 Å². The van der Waals surface area contributed by atoms with Gasteiger partial charge < -0.3 is 9.73 Å². The van der Waals surface area contributed by atoms with E-state index in [2.05, 4.69) is 28.2 Å². The summed E-state index contributed by atoms with van der Waals surface area (Å²) in [6, 6.07) is 7.88. The SMILES string of the molecule is Cc1cccnc1CN1CCC2(CC1)CC(NC(=O)c1ccco1)C2. The molecule has 2 aromatic rings. The Balaban J connectivity index is 1.25. The molecular formula is C20H25N3O2. The number of hydrogen-bond acceptors (Lipinski definition) is 4. The Hall–Kier alpha value is -2.14. The predicted octanol–water partition coefficient (Wildman–Crippen LogP) is 3.16. The lowest BCUT2D eigenvalue weighted by Gasteiger charge is -2.52.